The minimum absolute atomic E-state index is 0.108. The highest BCUT2D eigenvalue weighted by molar-refractivity contribution is 6.02. The fourth-order valence-corrected chi connectivity index (χ4v) is 10.1. The highest BCUT2D eigenvalue weighted by Crippen LogP contribution is 2.48. The number of nitrogens with one attached hydrogen (secondary N) is 2. The van der Waals surface area contributed by atoms with Gasteiger partial charge >= 0.3 is 6.09 Å². The van der Waals surface area contributed by atoms with Gasteiger partial charge in [0.05, 0.1) is 16.5 Å². The molecule has 5 aromatic rings. The van der Waals surface area contributed by atoms with E-state index in [-0.39, 0.29) is 60.5 Å². The average molecular weight is 951 g/mol. The number of likely N-dealkylation sites (tertiary alicyclic amines) is 2. The normalized spacial score (nSPS) is 20.1. The molecule has 0 bridgehead atoms. The second kappa shape index (κ2) is 18.6. The van der Waals surface area contributed by atoms with Crippen LogP contribution in [0.3, 0.4) is 0 Å². The highest BCUT2D eigenvalue weighted by atomic mass is 19.1. The summed E-state index contributed by atoms with van der Waals surface area (Å²) in [6.45, 7) is 9.75. The number of hydrogen-bond donors (Lipinski definition) is 3. The zero-order valence-electron chi connectivity index (χ0n) is 38.9. The molecular formula is C47H56F2N14O6. The number of carbonyl (C=O) groups is 4. The van der Waals surface area contributed by atoms with Gasteiger partial charge in [-0.2, -0.15) is 5.10 Å². The number of nitrogens with zero attached hydrogens (tertiary/aromatic N) is 11. The van der Waals surface area contributed by atoms with Crippen LogP contribution in [0, 0.1) is 11.6 Å². The fraction of sp³-hybridized carbons (Fsp3) is 0.532. The zero-order chi connectivity index (χ0) is 48.1. The average Bonchev–Trinajstić information content (AvgIpc) is 3.96. The van der Waals surface area contributed by atoms with Crippen LogP contribution in [0.25, 0.3) is 33.8 Å². The first kappa shape index (κ1) is 45.9. The maximum atomic E-state index is 15.3. The van der Waals surface area contributed by atoms with Gasteiger partial charge in [0.1, 0.15) is 35.3 Å². The topological polar surface area (TPSA) is 236 Å². The smallest absolute Gasteiger partial charge is 0.410 e. The molecule has 8 heterocycles. The summed E-state index contributed by atoms with van der Waals surface area (Å²) >= 11 is 0. The lowest BCUT2D eigenvalue weighted by Gasteiger charge is -2.43. The number of benzene rings is 1. The molecule has 1 atom stereocenters. The molecule has 5 fully saturated rings. The molecule has 4 amide bonds. The van der Waals surface area contributed by atoms with E-state index < -0.39 is 35.2 Å². The van der Waals surface area contributed by atoms with Crippen molar-refractivity contribution in [3.05, 3.63) is 53.8 Å². The summed E-state index contributed by atoms with van der Waals surface area (Å²) in [5.41, 5.74) is 9.26. The number of piperidine rings is 3. The van der Waals surface area contributed by atoms with Gasteiger partial charge < -0.3 is 35.0 Å². The van der Waals surface area contributed by atoms with Gasteiger partial charge in [-0.25, -0.2) is 38.2 Å². The second-order valence-corrected chi connectivity index (χ2v) is 19.7. The molecule has 4 aliphatic heterocycles. The van der Waals surface area contributed by atoms with Gasteiger partial charge in [-0.1, -0.05) is 5.16 Å². The van der Waals surface area contributed by atoms with Crippen LogP contribution in [0.4, 0.5) is 30.8 Å². The van der Waals surface area contributed by atoms with Crippen molar-refractivity contribution in [2.45, 2.75) is 102 Å². The SMILES string of the molecule is CC(C)(C)n1nc(-c2noc(C3CC3)c2-c2ncc(C3CCN(C(=O)OCC(=O)N4CCC(N5CCN(c6c(F)cc(NC7CCC(=O)NC7=O)cc6F)CC5)CC4)CC3)cn2)c2c(N)ncnc21. The van der Waals surface area contributed by atoms with Crippen molar-refractivity contribution in [2.75, 3.05) is 74.9 Å². The number of halogens is 2. The van der Waals surface area contributed by atoms with Crippen molar-refractivity contribution >= 4 is 52.0 Å². The number of nitrogen functional groups attached to an aromatic ring is 1. The minimum atomic E-state index is -0.752. The van der Waals surface area contributed by atoms with E-state index in [1.165, 1.54) is 18.5 Å². The first-order valence-electron chi connectivity index (χ1n) is 23.8. The summed E-state index contributed by atoms with van der Waals surface area (Å²) in [6.07, 6.45) is 9.72. The Morgan fingerprint density at radius 3 is 2.19 bits per heavy atom. The number of hydrogen-bond acceptors (Lipinski definition) is 16. The molecule has 364 valence electrons. The molecule has 4 N–H and O–H groups in total. The van der Waals surface area contributed by atoms with Gasteiger partial charge in [-0.05, 0) is 89.3 Å². The molecule has 1 aliphatic carbocycles. The molecule has 0 radical (unpaired) electrons. The van der Waals surface area contributed by atoms with Crippen molar-refractivity contribution in [1.82, 2.24) is 54.9 Å². The number of imide groups is 1. The molecule has 20 nitrogen and oxygen atoms in total. The Balaban J connectivity index is 0.681. The number of rotatable bonds is 10. The van der Waals surface area contributed by atoms with Crippen LogP contribution < -0.4 is 21.3 Å². The van der Waals surface area contributed by atoms with E-state index in [2.05, 4.69) is 30.7 Å². The Hall–Kier alpha value is -6.84. The first-order valence-corrected chi connectivity index (χ1v) is 23.8. The summed E-state index contributed by atoms with van der Waals surface area (Å²) in [7, 11) is 0. The number of fused-ring (bicyclic) bond motifs is 1. The van der Waals surface area contributed by atoms with E-state index in [0.717, 1.165) is 37.0 Å². The van der Waals surface area contributed by atoms with Crippen LogP contribution in [0.15, 0.2) is 35.4 Å². The summed E-state index contributed by atoms with van der Waals surface area (Å²) in [4.78, 5) is 75.7. The Kier molecular flexibility index (Phi) is 12.4. The summed E-state index contributed by atoms with van der Waals surface area (Å²) < 4.78 is 43.9. The monoisotopic (exact) mass is 950 g/mol. The zero-order valence-corrected chi connectivity index (χ0v) is 38.9. The second-order valence-electron chi connectivity index (χ2n) is 19.7. The van der Waals surface area contributed by atoms with Crippen molar-refractivity contribution in [3.8, 4) is 22.8 Å². The molecule has 69 heavy (non-hydrogen) atoms. The Labute approximate surface area is 396 Å². The maximum Gasteiger partial charge on any atom is 0.410 e. The van der Waals surface area contributed by atoms with E-state index in [1.54, 1.807) is 14.7 Å². The van der Waals surface area contributed by atoms with Crippen LogP contribution in [0.5, 0.6) is 0 Å². The first-order chi connectivity index (χ1) is 33.2. The summed E-state index contributed by atoms with van der Waals surface area (Å²) in [5.74, 6) is -0.781. The number of carbonyl (C=O) groups excluding carboxylic acids is 4. The standard InChI is InChI=1S/C47H56F2N14O6/c1-47(2,3)63-44-37(42(50)53-25-54-44)38(57-63)39-36(41(69-58-39)27-4-5-27)43-51-22-28(23-52-43)26-8-12-62(13-9-26)46(67)68-24-35(65)60-14-10-30(11-15-60)59-16-18-61(19-17-59)40-31(48)20-29(21-32(40)49)55-33-6-7-34(64)56-45(33)66/h20-23,25-27,30,33,55H,4-19,24H2,1-3H3,(H2,50,53,54)(H,56,64,66). The Bertz CT molecular complexity index is 2740. The van der Waals surface area contributed by atoms with Crippen LogP contribution in [-0.2, 0) is 24.7 Å². The molecule has 1 unspecified atom stereocenters. The number of ether oxygens (including phenoxy) is 1. The lowest BCUT2D eigenvalue weighted by molar-refractivity contribution is -0.136. The molecule has 1 saturated carbocycles. The van der Waals surface area contributed by atoms with Gasteiger partial charge in [0.15, 0.2) is 35.5 Å². The van der Waals surface area contributed by atoms with Crippen LogP contribution in [-0.4, -0.2) is 144 Å². The van der Waals surface area contributed by atoms with E-state index in [1.807, 2.05) is 37.8 Å². The van der Waals surface area contributed by atoms with Gasteiger partial charge in [0, 0.05) is 88.8 Å². The quantitative estimate of drug-likeness (QED) is 0.160. The number of piperazine rings is 1. The lowest BCUT2D eigenvalue weighted by Crippen LogP contribution is -2.54. The van der Waals surface area contributed by atoms with Crippen LogP contribution in [0.1, 0.15) is 95.3 Å². The number of anilines is 3. The lowest BCUT2D eigenvalue weighted by atomic mass is 9.91. The van der Waals surface area contributed by atoms with Gasteiger partial charge in [-0.3, -0.25) is 24.6 Å². The third-order valence-electron chi connectivity index (χ3n) is 14.0. The van der Waals surface area contributed by atoms with Crippen LogP contribution >= 0.6 is 0 Å². The molecule has 0 spiro atoms. The van der Waals surface area contributed by atoms with Gasteiger partial charge in [-0.15, -0.1) is 0 Å². The summed E-state index contributed by atoms with van der Waals surface area (Å²) in [5, 5.41) is 15.1. The maximum absolute atomic E-state index is 15.3. The fourth-order valence-electron chi connectivity index (χ4n) is 10.1. The van der Waals surface area contributed by atoms with Gasteiger partial charge in [0.25, 0.3) is 5.91 Å². The van der Waals surface area contributed by atoms with Crippen molar-refractivity contribution in [1.29, 1.82) is 0 Å². The van der Waals surface area contributed by atoms with Crippen molar-refractivity contribution in [3.63, 3.8) is 0 Å². The predicted octanol–water partition coefficient (Wildman–Crippen LogP) is 4.78. The molecule has 1 aromatic carbocycles. The number of amides is 4. The number of nitrogens with two attached hydrogens (primary N) is 1. The number of aromatic nitrogens is 7. The van der Waals surface area contributed by atoms with Crippen molar-refractivity contribution < 1.29 is 37.2 Å². The summed E-state index contributed by atoms with van der Waals surface area (Å²) in [6, 6.07) is 1.81. The Morgan fingerprint density at radius 2 is 1.54 bits per heavy atom. The predicted molar refractivity (Wildman–Crippen MR) is 248 cm³/mol. The largest absolute Gasteiger partial charge is 0.439 e. The Morgan fingerprint density at radius 1 is 0.855 bits per heavy atom. The third-order valence-corrected chi connectivity index (χ3v) is 14.0. The minimum Gasteiger partial charge on any atom is -0.439 e. The van der Waals surface area contributed by atoms with E-state index in [4.69, 9.17) is 30.1 Å². The van der Waals surface area contributed by atoms with E-state index >= 15 is 8.78 Å². The highest BCUT2D eigenvalue weighted by Gasteiger charge is 2.38. The molecule has 4 aromatic heterocycles. The van der Waals surface area contributed by atoms with E-state index in [0.29, 0.717) is 105 Å². The third kappa shape index (κ3) is 9.37. The van der Waals surface area contributed by atoms with Crippen LogP contribution in [0.2, 0.25) is 0 Å². The molecule has 10 rings (SSSR count). The molecule has 5 aliphatic rings. The molecular weight excluding hydrogens is 895 g/mol. The van der Waals surface area contributed by atoms with Gasteiger partial charge in [0.2, 0.25) is 11.8 Å². The van der Waals surface area contributed by atoms with Crippen molar-refractivity contribution in [2.24, 2.45) is 0 Å². The molecule has 22 heteroatoms. The van der Waals surface area contributed by atoms with E-state index in [9.17, 15) is 19.2 Å². The molecule has 4 saturated heterocycles.